The van der Waals surface area contributed by atoms with Gasteiger partial charge in [-0.3, -0.25) is 0 Å². The summed E-state index contributed by atoms with van der Waals surface area (Å²) < 4.78 is 16.7. The summed E-state index contributed by atoms with van der Waals surface area (Å²) in [4.78, 5) is 16.2. The van der Waals surface area contributed by atoms with E-state index in [-0.39, 0.29) is 19.0 Å². The average Bonchev–Trinajstić information content (AvgIpc) is 3.05. The molecule has 1 aromatic carbocycles. The first-order valence-corrected chi connectivity index (χ1v) is 6.75. The van der Waals surface area contributed by atoms with Crippen LogP contribution in [0.15, 0.2) is 44.0 Å². The predicted molar refractivity (Wildman–Crippen MR) is 77.3 cm³/mol. The summed E-state index contributed by atoms with van der Waals surface area (Å²) in [5.74, 6) is 0.844. The first kappa shape index (κ1) is 14.3. The number of oxazole rings is 1. The van der Waals surface area contributed by atoms with Crippen molar-refractivity contribution in [2.24, 2.45) is 0 Å². The fourth-order valence-corrected chi connectivity index (χ4v) is 2.05. The van der Waals surface area contributed by atoms with E-state index in [1.165, 1.54) is 11.8 Å². The van der Waals surface area contributed by atoms with Crippen molar-refractivity contribution >= 4 is 0 Å². The minimum absolute atomic E-state index is 0.148. The van der Waals surface area contributed by atoms with E-state index in [0.717, 1.165) is 5.56 Å². The minimum Gasteiger partial charge on any atom is -0.441 e. The van der Waals surface area contributed by atoms with Gasteiger partial charge >= 0.3 is 5.76 Å². The van der Waals surface area contributed by atoms with Gasteiger partial charge in [-0.1, -0.05) is 18.2 Å². The SMILES string of the molecule is COCc1nn(Cc2nc(-c3ccccc3)oc2C)c(=O)o1. The fourth-order valence-electron chi connectivity index (χ4n) is 2.05. The van der Waals surface area contributed by atoms with E-state index in [2.05, 4.69) is 10.1 Å². The second kappa shape index (κ2) is 5.98. The summed E-state index contributed by atoms with van der Waals surface area (Å²) in [7, 11) is 1.51. The van der Waals surface area contributed by atoms with Gasteiger partial charge in [0.25, 0.3) is 0 Å². The van der Waals surface area contributed by atoms with Crippen LogP contribution in [0, 0.1) is 6.92 Å². The molecule has 0 N–H and O–H groups in total. The number of aromatic nitrogens is 3. The molecule has 0 saturated carbocycles. The maximum absolute atomic E-state index is 11.7. The lowest BCUT2D eigenvalue weighted by Crippen LogP contribution is -2.17. The number of ether oxygens (including phenoxy) is 1. The third kappa shape index (κ3) is 2.84. The van der Waals surface area contributed by atoms with Crippen LogP contribution >= 0.6 is 0 Å². The molecule has 7 heteroatoms. The van der Waals surface area contributed by atoms with Crippen molar-refractivity contribution in [3.63, 3.8) is 0 Å². The molecule has 114 valence electrons. The Kier molecular flexibility index (Phi) is 3.88. The number of hydrogen-bond donors (Lipinski definition) is 0. The van der Waals surface area contributed by atoms with Gasteiger partial charge in [-0.05, 0) is 19.1 Å². The predicted octanol–water partition coefficient (Wildman–Crippen LogP) is 1.99. The average molecular weight is 301 g/mol. The molecule has 0 fully saturated rings. The summed E-state index contributed by atoms with van der Waals surface area (Å²) in [5, 5.41) is 4.05. The zero-order valence-corrected chi connectivity index (χ0v) is 12.3. The summed E-state index contributed by atoms with van der Waals surface area (Å²) in [5.41, 5.74) is 1.52. The first-order valence-electron chi connectivity index (χ1n) is 6.75. The molecule has 0 unspecified atom stereocenters. The highest BCUT2D eigenvalue weighted by Crippen LogP contribution is 2.21. The quantitative estimate of drug-likeness (QED) is 0.716. The number of methoxy groups -OCH3 is 1. The molecule has 0 amide bonds. The Morgan fingerprint density at radius 2 is 2.00 bits per heavy atom. The van der Waals surface area contributed by atoms with Crippen LogP contribution in [0.4, 0.5) is 0 Å². The molecule has 7 nitrogen and oxygen atoms in total. The summed E-state index contributed by atoms with van der Waals surface area (Å²) >= 11 is 0. The van der Waals surface area contributed by atoms with E-state index in [1.807, 2.05) is 30.3 Å². The van der Waals surface area contributed by atoms with Gasteiger partial charge in [-0.2, -0.15) is 4.68 Å². The summed E-state index contributed by atoms with van der Waals surface area (Å²) in [6.45, 7) is 2.14. The highest BCUT2D eigenvalue weighted by atomic mass is 16.5. The lowest BCUT2D eigenvalue weighted by Gasteiger charge is -1.94. The number of benzene rings is 1. The largest absolute Gasteiger partial charge is 0.441 e. The lowest BCUT2D eigenvalue weighted by atomic mass is 10.2. The smallest absolute Gasteiger partial charge is 0.437 e. The first-order chi connectivity index (χ1) is 10.7. The van der Waals surface area contributed by atoms with E-state index < -0.39 is 5.76 Å². The highest BCUT2D eigenvalue weighted by Gasteiger charge is 2.15. The van der Waals surface area contributed by atoms with Crippen molar-refractivity contribution in [2.75, 3.05) is 7.11 Å². The van der Waals surface area contributed by atoms with Crippen LogP contribution in [-0.4, -0.2) is 21.9 Å². The van der Waals surface area contributed by atoms with E-state index in [1.54, 1.807) is 6.92 Å². The van der Waals surface area contributed by atoms with Gasteiger partial charge in [0.15, 0.2) is 0 Å². The second-order valence-corrected chi connectivity index (χ2v) is 4.74. The van der Waals surface area contributed by atoms with Crippen LogP contribution in [0.5, 0.6) is 0 Å². The van der Waals surface area contributed by atoms with Gasteiger partial charge in [0.1, 0.15) is 18.1 Å². The normalized spacial score (nSPS) is 11.0. The molecule has 0 atom stereocenters. The van der Waals surface area contributed by atoms with Gasteiger partial charge in [0.2, 0.25) is 11.8 Å². The van der Waals surface area contributed by atoms with Gasteiger partial charge in [-0.25, -0.2) is 9.78 Å². The van der Waals surface area contributed by atoms with Crippen LogP contribution < -0.4 is 5.76 Å². The van der Waals surface area contributed by atoms with Crippen molar-refractivity contribution < 1.29 is 13.6 Å². The zero-order valence-electron chi connectivity index (χ0n) is 12.3. The molecule has 0 aliphatic rings. The second-order valence-electron chi connectivity index (χ2n) is 4.74. The van der Waals surface area contributed by atoms with Crippen molar-refractivity contribution in [3.05, 3.63) is 58.2 Å². The van der Waals surface area contributed by atoms with Gasteiger partial charge in [0.05, 0.1) is 6.54 Å². The minimum atomic E-state index is -0.546. The topological polar surface area (TPSA) is 83.3 Å². The molecule has 0 radical (unpaired) electrons. The van der Waals surface area contributed by atoms with E-state index >= 15 is 0 Å². The molecule has 0 aliphatic carbocycles. The van der Waals surface area contributed by atoms with Gasteiger partial charge < -0.3 is 13.6 Å². The fraction of sp³-hybridized carbons (Fsp3) is 0.267. The maximum Gasteiger partial charge on any atom is 0.437 e. The Bertz CT molecular complexity index is 817. The van der Waals surface area contributed by atoms with Crippen LogP contribution in [0.1, 0.15) is 17.3 Å². The molecule has 3 rings (SSSR count). The van der Waals surface area contributed by atoms with Crippen molar-refractivity contribution in [3.8, 4) is 11.5 Å². The van der Waals surface area contributed by atoms with Crippen molar-refractivity contribution in [1.82, 2.24) is 14.8 Å². The molecular formula is C15H15N3O4. The monoisotopic (exact) mass is 301 g/mol. The Morgan fingerprint density at radius 1 is 1.23 bits per heavy atom. The molecule has 0 spiro atoms. The van der Waals surface area contributed by atoms with Crippen LogP contribution in [0.2, 0.25) is 0 Å². The van der Waals surface area contributed by atoms with Crippen LogP contribution in [0.3, 0.4) is 0 Å². The van der Waals surface area contributed by atoms with Crippen molar-refractivity contribution in [1.29, 1.82) is 0 Å². The molecule has 22 heavy (non-hydrogen) atoms. The van der Waals surface area contributed by atoms with E-state index in [0.29, 0.717) is 17.3 Å². The van der Waals surface area contributed by atoms with Gasteiger partial charge in [0, 0.05) is 12.7 Å². The highest BCUT2D eigenvalue weighted by molar-refractivity contribution is 5.53. The number of nitrogens with zero attached hydrogens (tertiary/aromatic N) is 3. The van der Waals surface area contributed by atoms with Crippen molar-refractivity contribution in [2.45, 2.75) is 20.1 Å². The molecule has 0 saturated heterocycles. The summed E-state index contributed by atoms with van der Waals surface area (Å²) in [6.07, 6.45) is 0. The molecule has 0 bridgehead atoms. The van der Waals surface area contributed by atoms with Gasteiger partial charge in [-0.15, -0.1) is 5.10 Å². The third-order valence-corrected chi connectivity index (χ3v) is 3.13. The van der Waals surface area contributed by atoms with Crippen LogP contribution in [-0.2, 0) is 17.9 Å². The molecule has 0 aliphatic heterocycles. The standard InChI is InChI=1S/C15H15N3O4/c1-10-12(8-18-15(19)22-13(17-18)9-20-2)16-14(21-10)11-6-4-3-5-7-11/h3-7H,8-9H2,1-2H3. The molecule has 2 heterocycles. The van der Waals surface area contributed by atoms with E-state index in [4.69, 9.17) is 13.6 Å². The number of rotatable bonds is 5. The zero-order chi connectivity index (χ0) is 15.5. The van der Waals surface area contributed by atoms with E-state index in [9.17, 15) is 4.79 Å². The number of hydrogen-bond acceptors (Lipinski definition) is 6. The lowest BCUT2D eigenvalue weighted by molar-refractivity contribution is 0.158. The Hall–Kier alpha value is -2.67. The Labute approximate surface area is 126 Å². The third-order valence-electron chi connectivity index (χ3n) is 3.13. The Balaban J connectivity index is 1.87. The summed E-state index contributed by atoms with van der Waals surface area (Å²) in [6, 6.07) is 9.57. The molecular weight excluding hydrogens is 286 g/mol. The molecule has 3 aromatic rings. The number of aryl methyl sites for hydroxylation is 1. The van der Waals surface area contributed by atoms with Crippen LogP contribution in [0.25, 0.3) is 11.5 Å². The Morgan fingerprint density at radius 3 is 2.73 bits per heavy atom. The maximum atomic E-state index is 11.7. The molecule has 2 aromatic heterocycles.